The molecule has 0 saturated carbocycles. The lowest BCUT2D eigenvalue weighted by molar-refractivity contribution is 0.483. The number of fused-ring (bicyclic) bond motifs is 1. The smallest absolute Gasteiger partial charge is 0.327 e. The highest BCUT2D eigenvalue weighted by molar-refractivity contribution is 7.87. The van der Waals surface area contributed by atoms with E-state index in [9.17, 15) is 8.42 Å². The number of benzene rings is 1. The van der Waals surface area contributed by atoms with E-state index in [0.717, 1.165) is 11.3 Å². The molecule has 4 nitrogen and oxygen atoms in total. The van der Waals surface area contributed by atoms with E-state index in [0.29, 0.717) is 5.75 Å². The third-order valence-electron chi connectivity index (χ3n) is 1.88. The lowest BCUT2D eigenvalue weighted by Crippen LogP contribution is -2.25. The molecule has 0 bridgehead atoms. The van der Waals surface area contributed by atoms with Gasteiger partial charge in [0.25, 0.3) is 0 Å². The summed E-state index contributed by atoms with van der Waals surface area (Å²) < 4.78 is 26.9. The van der Waals surface area contributed by atoms with Gasteiger partial charge in [0.1, 0.15) is 0 Å². The third kappa shape index (κ3) is 1.47. The van der Waals surface area contributed by atoms with E-state index in [1.165, 1.54) is 0 Å². The molecule has 1 aromatic carbocycles. The minimum absolute atomic E-state index is 0.162. The van der Waals surface area contributed by atoms with Crippen LogP contribution in [0.5, 0.6) is 5.75 Å². The van der Waals surface area contributed by atoms with Crippen LogP contribution >= 0.6 is 0 Å². The number of hydrogen-bond donors (Lipinski definition) is 1. The predicted molar refractivity (Wildman–Crippen MR) is 49.2 cm³/mol. The summed E-state index contributed by atoms with van der Waals surface area (Å²) in [6, 6.07) is 5.29. The normalized spacial score (nSPS) is 18.2. The average Bonchev–Trinajstić information content (AvgIpc) is 2.02. The Hall–Kier alpha value is -1.23. The Labute approximate surface area is 76.7 Å². The maximum absolute atomic E-state index is 11.0. The van der Waals surface area contributed by atoms with Gasteiger partial charge in [-0.2, -0.15) is 8.42 Å². The Bertz CT molecular complexity index is 439. The van der Waals surface area contributed by atoms with Crippen LogP contribution < -0.4 is 9.50 Å². The van der Waals surface area contributed by atoms with Crippen LogP contribution in [0.2, 0.25) is 0 Å². The molecule has 5 heteroatoms. The molecule has 1 aliphatic heterocycles. The van der Waals surface area contributed by atoms with Crippen LogP contribution in [-0.2, 0) is 10.1 Å². The fourth-order valence-corrected chi connectivity index (χ4v) is 2.06. The maximum Gasteiger partial charge on any atom is 0.327 e. The van der Waals surface area contributed by atoms with E-state index in [-0.39, 0.29) is 5.88 Å². The fourth-order valence-electron chi connectivity index (χ4n) is 1.26. The van der Waals surface area contributed by atoms with Gasteiger partial charge in [0.2, 0.25) is 0 Å². The minimum atomic E-state index is -3.42. The van der Waals surface area contributed by atoms with Crippen molar-refractivity contribution in [3.05, 3.63) is 23.8 Å². The SMILES string of the molecule is Cc1cccc2c1NCS(=O)(=O)O2. The monoisotopic (exact) mass is 199 g/mol. The van der Waals surface area contributed by atoms with Crippen molar-refractivity contribution >= 4 is 15.8 Å². The molecule has 1 aliphatic rings. The molecule has 0 fully saturated rings. The summed E-state index contributed by atoms with van der Waals surface area (Å²) in [5.41, 5.74) is 1.74. The summed E-state index contributed by atoms with van der Waals surface area (Å²) in [6.45, 7) is 1.90. The van der Waals surface area contributed by atoms with Crippen LogP contribution in [0.3, 0.4) is 0 Å². The zero-order valence-corrected chi connectivity index (χ0v) is 7.89. The van der Waals surface area contributed by atoms with Crippen molar-refractivity contribution in [2.24, 2.45) is 0 Å². The molecule has 0 atom stereocenters. The van der Waals surface area contributed by atoms with Crippen LogP contribution in [0.25, 0.3) is 0 Å². The molecule has 0 saturated heterocycles. The van der Waals surface area contributed by atoms with Gasteiger partial charge in [-0.3, -0.25) is 0 Å². The molecular formula is C8H9NO3S. The summed E-state index contributed by atoms with van der Waals surface area (Å²) in [6.07, 6.45) is 0. The number of aryl methyl sites for hydroxylation is 1. The van der Waals surface area contributed by atoms with Gasteiger partial charge < -0.3 is 9.50 Å². The van der Waals surface area contributed by atoms with Gasteiger partial charge in [0.15, 0.2) is 11.6 Å². The van der Waals surface area contributed by atoms with Gasteiger partial charge >= 0.3 is 10.1 Å². The van der Waals surface area contributed by atoms with Crippen LogP contribution in [0, 0.1) is 6.92 Å². The molecule has 0 aliphatic carbocycles. The number of anilines is 1. The predicted octanol–water partition coefficient (Wildman–Crippen LogP) is 1.09. The summed E-state index contributed by atoms with van der Waals surface area (Å²) in [4.78, 5) is 0. The van der Waals surface area contributed by atoms with E-state index in [1.54, 1.807) is 12.1 Å². The number of nitrogens with one attached hydrogen (secondary N) is 1. The topological polar surface area (TPSA) is 55.4 Å². The largest absolute Gasteiger partial charge is 0.379 e. The van der Waals surface area contributed by atoms with E-state index in [2.05, 4.69) is 5.32 Å². The molecule has 2 rings (SSSR count). The van der Waals surface area contributed by atoms with Crippen LogP contribution in [0.1, 0.15) is 5.56 Å². The average molecular weight is 199 g/mol. The van der Waals surface area contributed by atoms with Crippen LogP contribution in [0.15, 0.2) is 18.2 Å². The van der Waals surface area contributed by atoms with Crippen LogP contribution in [-0.4, -0.2) is 14.3 Å². The van der Waals surface area contributed by atoms with Crippen molar-refractivity contribution in [1.82, 2.24) is 0 Å². The van der Waals surface area contributed by atoms with E-state index >= 15 is 0 Å². The highest BCUT2D eigenvalue weighted by Gasteiger charge is 2.22. The van der Waals surface area contributed by atoms with E-state index in [4.69, 9.17) is 4.18 Å². The Morgan fingerprint density at radius 3 is 3.00 bits per heavy atom. The van der Waals surface area contributed by atoms with Gasteiger partial charge in [-0.05, 0) is 18.6 Å². The molecule has 0 spiro atoms. The Kier molecular flexibility index (Phi) is 1.69. The van der Waals surface area contributed by atoms with Crippen molar-refractivity contribution < 1.29 is 12.6 Å². The van der Waals surface area contributed by atoms with Gasteiger partial charge in [-0.1, -0.05) is 12.1 Å². The van der Waals surface area contributed by atoms with Gasteiger partial charge in [-0.25, -0.2) is 0 Å². The Morgan fingerprint density at radius 1 is 1.46 bits per heavy atom. The molecule has 1 aromatic rings. The summed E-state index contributed by atoms with van der Waals surface area (Å²) in [7, 11) is -3.42. The zero-order chi connectivity index (χ0) is 9.47. The lowest BCUT2D eigenvalue weighted by Gasteiger charge is -2.19. The van der Waals surface area contributed by atoms with Crippen molar-refractivity contribution in [3.8, 4) is 5.75 Å². The van der Waals surface area contributed by atoms with Crippen molar-refractivity contribution in [2.75, 3.05) is 11.2 Å². The summed E-state index contributed by atoms with van der Waals surface area (Å²) in [5, 5.41) is 2.81. The van der Waals surface area contributed by atoms with E-state index in [1.807, 2.05) is 13.0 Å². The Balaban J connectivity index is 2.54. The molecular weight excluding hydrogens is 190 g/mol. The molecule has 0 amide bonds. The number of hydrogen-bond acceptors (Lipinski definition) is 4. The first-order chi connectivity index (χ1) is 6.08. The maximum atomic E-state index is 11.0. The quantitative estimate of drug-likeness (QED) is 0.635. The first kappa shape index (κ1) is 8.37. The summed E-state index contributed by atoms with van der Waals surface area (Å²) in [5.74, 6) is 0.219. The molecule has 0 radical (unpaired) electrons. The minimum Gasteiger partial charge on any atom is -0.379 e. The molecule has 13 heavy (non-hydrogen) atoms. The summed E-state index contributed by atoms with van der Waals surface area (Å²) >= 11 is 0. The molecule has 0 aromatic heterocycles. The fraction of sp³-hybridized carbons (Fsp3) is 0.250. The zero-order valence-electron chi connectivity index (χ0n) is 7.07. The highest BCUT2D eigenvalue weighted by atomic mass is 32.2. The third-order valence-corrected chi connectivity index (χ3v) is 2.81. The number of rotatable bonds is 0. The standard InChI is InChI=1S/C8H9NO3S/c1-6-3-2-4-7-8(6)9-5-13(10,11)12-7/h2-4,9H,5H2,1H3. The van der Waals surface area contributed by atoms with Gasteiger partial charge in [0.05, 0.1) is 5.69 Å². The first-order valence-electron chi connectivity index (χ1n) is 3.84. The van der Waals surface area contributed by atoms with Crippen LogP contribution in [0.4, 0.5) is 5.69 Å². The second-order valence-corrected chi connectivity index (χ2v) is 4.48. The molecule has 1 N–H and O–H groups in total. The lowest BCUT2D eigenvalue weighted by atomic mass is 10.2. The second-order valence-electron chi connectivity index (χ2n) is 2.91. The first-order valence-corrected chi connectivity index (χ1v) is 5.42. The van der Waals surface area contributed by atoms with Crippen molar-refractivity contribution in [3.63, 3.8) is 0 Å². The van der Waals surface area contributed by atoms with E-state index < -0.39 is 10.1 Å². The van der Waals surface area contributed by atoms with Gasteiger partial charge in [0, 0.05) is 0 Å². The van der Waals surface area contributed by atoms with Crippen molar-refractivity contribution in [2.45, 2.75) is 6.92 Å². The second kappa shape index (κ2) is 2.63. The Morgan fingerprint density at radius 2 is 2.23 bits per heavy atom. The van der Waals surface area contributed by atoms with Gasteiger partial charge in [-0.15, -0.1) is 0 Å². The molecule has 70 valence electrons. The molecule has 0 unspecified atom stereocenters. The van der Waals surface area contributed by atoms with Crippen molar-refractivity contribution in [1.29, 1.82) is 0 Å². The molecule has 1 heterocycles. The highest BCUT2D eigenvalue weighted by Crippen LogP contribution is 2.32. The number of para-hydroxylation sites is 1.